The van der Waals surface area contributed by atoms with E-state index in [1.807, 2.05) is 31.7 Å². The number of rotatable bonds is 9. The lowest BCUT2D eigenvalue weighted by Gasteiger charge is -2.43. The third kappa shape index (κ3) is 8.18. The third-order valence-electron chi connectivity index (χ3n) is 8.61. The van der Waals surface area contributed by atoms with Crippen molar-refractivity contribution in [2.45, 2.75) is 83.8 Å². The van der Waals surface area contributed by atoms with Crippen LogP contribution < -0.4 is 15.4 Å². The van der Waals surface area contributed by atoms with E-state index in [2.05, 4.69) is 20.2 Å². The van der Waals surface area contributed by atoms with Gasteiger partial charge in [-0.15, -0.1) is 5.10 Å². The molecule has 3 aromatic rings. The number of ether oxygens (including phenoxy) is 1. The van der Waals surface area contributed by atoms with Crippen LogP contribution in [0.25, 0.3) is 11.3 Å². The minimum atomic E-state index is -4.35. The number of hydrogen-bond acceptors (Lipinski definition) is 8. The summed E-state index contributed by atoms with van der Waals surface area (Å²) in [6.45, 7) is 8.42. The topological polar surface area (TPSA) is 102 Å². The van der Waals surface area contributed by atoms with Gasteiger partial charge in [0.05, 0.1) is 24.1 Å². The third-order valence-corrected chi connectivity index (χ3v) is 8.61. The van der Waals surface area contributed by atoms with Crippen LogP contribution in [-0.4, -0.2) is 86.6 Å². The maximum absolute atomic E-state index is 13.4. The Bertz CT molecular complexity index is 1560. The number of alkyl halides is 3. The van der Waals surface area contributed by atoms with E-state index in [9.17, 15) is 22.8 Å². The summed E-state index contributed by atoms with van der Waals surface area (Å²) in [6, 6.07) is 5.05. The maximum atomic E-state index is 13.4. The summed E-state index contributed by atoms with van der Waals surface area (Å²) >= 11 is 0. The molecule has 1 amide bonds. The summed E-state index contributed by atoms with van der Waals surface area (Å²) in [5.41, 5.74) is 1.20. The maximum Gasteiger partial charge on any atom is 0.410 e. The van der Waals surface area contributed by atoms with Gasteiger partial charge >= 0.3 is 12.3 Å². The van der Waals surface area contributed by atoms with Crippen LogP contribution >= 0.6 is 0 Å². The number of carbonyl (C=O) groups excluding carboxylic acids is 1. The summed E-state index contributed by atoms with van der Waals surface area (Å²) in [7, 11) is 1.35. The van der Waals surface area contributed by atoms with E-state index in [0.717, 1.165) is 42.8 Å². The van der Waals surface area contributed by atoms with Gasteiger partial charge in [-0.05, 0) is 71.4 Å². The molecule has 1 saturated carbocycles. The van der Waals surface area contributed by atoms with Crippen LogP contribution in [0.4, 0.5) is 29.3 Å². The number of pyridine rings is 2. The molecule has 2 aliphatic rings. The predicted molar refractivity (Wildman–Crippen MR) is 169 cm³/mol. The van der Waals surface area contributed by atoms with Crippen LogP contribution in [-0.2, 0) is 4.74 Å². The molecule has 2 fully saturated rings. The van der Waals surface area contributed by atoms with Gasteiger partial charge < -0.3 is 19.4 Å². The molecule has 250 valence electrons. The number of nitrogens with zero attached hydrogens (tertiary/aromatic N) is 8. The Labute approximate surface area is 266 Å². The van der Waals surface area contributed by atoms with Crippen LogP contribution in [0.5, 0.6) is 0 Å². The monoisotopic (exact) mass is 644 g/mol. The molecule has 1 saturated heterocycles. The van der Waals surface area contributed by atoms with Gasteiger partial charge in [0.25, 0.3) is 5.56 Å². The van der Waals surface area contributed by atoms with E-state index in [1.165, 1.54) is 30.5 Å². The SMILES string of the molecule is CC(n1cc(-c2cncc(N(C)CC(F)(F)F)c2)nn1)n1ccc(N2CCC[C@@H](N(CC3CCC3)C(=O)OC(C)(C)C)C2)cc1=O. The minimum Gasteiger partial charge on any atom is -0.444 e. The lowest BCUT2D eigenvalue weighted by molar-refractivity contribution is -0.119. The molecule has 14 heteroatoms. The highest BCUT2D eigenvalue weighted by Gasteiger charge is 2.35. The highest BCUT2D eigenvalue weighted by Crippen LogP contribution is 2.31. The molecule has 4 heterocycles. The standard InChI is InChI=1S/C32H43F3N8O3/c1-22(43-20-28(37-38-43)24-14-27(17-36-16-24)39(5)21-32(33,34)35)41-13-11-25(15-29(41)44)40-12-7-10-26(19-40)42(18-23-8-6-9-23)30(45)46-31(2,3)4/h11,13-17,20,22-23,26H,6-10,12,18-19,21H2,1-5H3/t22?,26-/m1/s1. The van der Waals surface area contributed by atoms with Crippen molar-refractivity contribution in [3.05, 3.63) is 53.3 Å². The van der Waals surface area contributed by atoms with E-state index in [4.69, 9.17) is 4.74 Å². The number of carbonyl (C=O) groups is 1. The molecule has 0 radical (unpaired) electrons. The van der Waals surface area contributed by atoms with E-state index in [-0.39, 0.29) is 17.7 Å². The summed E-state index contributed by atoms with van der Waals surface area (Å²) in [4.78, 5) is 35.8. The molecular formula is C32H43F3N8O3. The van der Waals surface area contributed by atoms with Gasteiger partial charge in [0.1, 0.15) is 24.0 Å². The lowest BCUT2D eigenvalue weighted by atomic mass is 9.84. The molecule has 3 aromatic heterocycles. The Kier molecular flexibility index (Phi) is 9.64. The zero-order valence-corrected chi connectivity index (χ0v) is 27.1. The van der Waals surface area contributed by atoms with Crippen molar-refractivity contribution < 1.29 is 22.7 Å². The van der Waals surface area contributed by atoms with Gasteiger partial charge in [-0.25, -0.2) is 9.48 Å². The molecule has 0 bridgehead atoms. The Morgan fingerprint density at radius 2 is 1.89 bits per heavy atom. The second-order valence-corrected chi connectivity index (χ2v) is 13.4. The smallest absolute Gasteiger partial charge is 0.410 e. The van der Waals surface area contributed by atoms with Gasteiger partial charge in [-0.1, -0.05) is 11.6 Å². The molecule has 46 heavy (non-hydrogen) atoms. The van der Waals surface area contributed by atoms with Crippen molar-refractivity contribution in [3.63, 3.8) is 0 Å². The number of anilines is 2. The number of aromatic nitrogens is 5. The van der Waals surface area contributed by atoms with Crippen LogP contribution in [0, 0.1) is 5.92 Å². The quantitative estimate of drug-likeness (QED) is 0.298. The van der Waals surface area contributed by atoms with E-state index >= 15 is 0 Å². The lowest BCUT2D eigenvalue weighted by Crippen LogP contribution is -2.53. The van der Waals surface area contributed by atoms with E-state index in [1.54, 1.807) is 36.0 Å². The molecule has 1 aliphatic carbocycles. The van der Waals surface area contributed by atoms with E-state index < -0.39 is 24.5 Å². The zero-order chi connectivity index (χ0) is 33.2. The molecule has 11 nitrogen and oxygen atoms in total. The van der Waals surface area contributed by atoms with Gasteiger partial charge in [0.15, 0.2) is 0 Å². The zero-order valence-electron chi connectivity index (χ0n) is 27.1. The summed E-state index contributed by atoms with van der Waals surface area (Å²) < 4.78 is 47.5. The average molecular weight is 645 g/mol. The van der Waals surface area contributed by atoms with Crippen molar-refractivity contribution >= 4 is 17.5 Å². The van der Waals surface area contributed by atoms with Gasteiger partial charge in [-0.3, -0.25) is 14.3 Å². The Morgan fingerprint density at radius 1 is 1.13 bits per heavy atom. The fraction of sp³-hybridized carbons (Fsp3) is 0.594. The van der Waals surface area contributed by atoms with Gasteiger partial charge in [0.2, 0.25) is 0 Å². The average Bonchev–Trinajstić information content (AvgIpc) is 3.45. The molecule has 0 aromatic carbocycles. The van der Waals surface area contributed by atoms with Crippen LogP contribution in [0.3, 0.4) is 0 Å². The Balaban J connectivity index is 1.29. The first-order chi connectivity index (χ1) is 21.7. The number of halogens is 3. The highest BCUT2D eigenvalue weighted by atomic mass is 19.4. The summed E-state index contributed by atoms with van der Waals surface area (Å²) in [6.07, 6.45) is 6.29. The highest BCUT2D eigenvalue weighted by molar-refractivity contribution is 5.69. The van der Waals surface area contributed by atoms with Crippen molar-refractivity contribution in [2.24, 2.45) is 5.92 Å². The molecule has 1 unspecified atom stereocenters. The van der Waals surface area contributed by atoms with Crippen molar-refractivity contribution in [1.82, 2.24) is 29.4 Å². The summed E-state index contributed by atoms with van der Waals surface area (Å²) in [5.74, 6) is 0.501. The van der Waals surface area contributed by atoms with Crippen molar-refractivity contribution in [3.8, 4) is 11.3 Å². The number of piperidine rings is 1. The molecule has 0 N–H and O–H groups in total. The van der Waals surface area contributed by atoms with Gasteiger partial charge in [-0.2, -0.15) is 13.2 Å². The van der Waals surface area contributed by atoms with Gasteiger partial charge in [0, 0.05) is 56.4 Å². The first-order valence-electron chi connectivity index (χ1n) is 15.8. The number of hydrogen-bond donors (Lipinski definition) is 0. The minimum absolute atomic E-state index is 0.0135. The van der Waals surface area contributed by atoms with Crippen LogP contribution in [0.2, 0.25) is 0 Å². The van der Waals surface area contributed by atoms with Crippen LogP contribution in [0.1, 0.15) is 66.0 Å². The molecule has 0 spiro atoms. The van der Waals surface area contributed by atoms with Crippen molar-refractivity contribution in [2.75, 3.05) is 43.0 Å². The number of amides is 1. The normalized spacial score (nSPS) is 18.2. The second-order valence-electron chi connectivity index (χ2n) is 13.4. The molecule has 1 aliphatic heterocycles. The Hall–Kier alpha value is -4.10. The first kappa shape index (κ1) is 33.3. The fourth-order valence-corrected chi connectivity index (χ4v) is 5.93. The first-order valence-corrected chi connectivity index (χ1v) is 15.8. The van der Waals surface area contributed by atoms with Crippen LogP contribution in [0.15, 0.2) is 47.8 Å². The molecular weight excluding hydrogens is 601 g/mol. The second kappa shape index (κ2) is 13.3. The van der Waals surface area contributed by atoms with E-state index in [0.29, 0.717) is 36.0 Å². The fourth-order valence-electron chi connectivity index (χ4n) is 5.93. The predicted octanol–water partition coefficient (Wildman–Crippen LogP) is 5.57. The largest absolute Gasteiger partial charge is 0.444 e. The summed E-state index contributed by atoms with van der Waals surface area (Å²) in [5, 5.41) is 8.38. The Morgan fingerprint density at radius 3 is 2.54 bits per heavy atom. The molecule has 2 atom stereocenters. The molecule has 5 rings (SSSR count). The van der Waals surface area contributed by atoms with Crippen molar-refractivity contribution in [1.29, 1.82) is 0 Å².